The molecule has 0 spiro atoms. The molecule has 0 saturated carbocycles. The molecule has 0 heterocycles. The van der Waals surface area contributed by atoms with Gasteiger partial charge in [0.1, 0.15) is 0 Å². The van der Waals surface area contributed by atoms with E-state index in [2.05, 4.69) is 81.0 Å². The van der Waals surface area contributed by atoms with Gasteiger partial charge >= 0.3 is 0 Å². The number of allylic oxidation sites excluding steroid dienone is 1. The Bertz CT molecular complexity index is 582. The molecular formula is C21H32ClP. The number of rotatable bonds is 2. The topological polar surface area (TPSA) is 0 Å². The summed E-state index contributed by atoms with van der Waals surface area (Å²) in [7, 11) is 1.05. The van der Waals surface area contributed by atoms with Gasteiger partial charge in [-0.3, -0.25) is 0 Å². The van der Waals surface area contributed by atoms with Crippen molar-refractivity contribution in [1.29, 1.82) is 0 Å². The fraction of sp³-hybridized carbons (Fsp3) is 0.571. The van der Waals surface area contributed by atoms with Crippen LogP contribution in [0.3, 0.4) is 0 Å². The molecule has 0 aliphatic carbocycles. The summed E-state index contributed by atoms with van der Waals surface area (Å²) in [5.41, 5.74) is 4.43. The average Bonchev–Trinajstić information content (AvgIpc) is 2.34. The SMILES string of the molecule is C=CC(Cl)=Pc1c(C(C)(C)C)cc(C(C)(C)C)cc1C(C)(C)C. The second-order valence-corrected chi connectivity index (χ2v) is 11.1. The van der Waals surface area contributed by atoms with Gasteiger partial charge in [-0.05, 0) is 47.2 Å². The minimum Gasteiger partial charge on any atom is -0.0972 e. The fourth-order valence-corrected chi connectivity index (χ4v) is 4.08. The summed E-state index contributed by atoms with van der Waals surface area (Å²) in [6, 6.07) is 4.76. The first-order valence-corrected chi connectivity index (χ1v) is 9.51. The van der Waals surface area contributed by atoms with E-state index in [-0.39, 0.29) is 16.2 Å². The lowest BCUT2D eigenvalue weighted by molar-refractivity contribution is 0.554. The Morgan fingerprint density at radius 1 is 0.870 bits per heavy atom. The Labute approximate surface area is 150 Å². The summed E-state index contributed by atoms with van der Waals surface area (Å²) < 4.78 is 0.782. The lowest BCUT2D eigenvalue weighted by Crippen LogP contribution is -2.30. The molecule has 0 saturated heterocycles. The van der Waals surface area contributed by atoms with E-state index in [4.69, 9.17) is 11.6 Å². The van der Waals surface area contributed by atoms with Gasteiger partial charge in [0.25, 0.3) is 0 Å². The van der Waals surface area contributed by atoms with Gasteiger partial charge in [0.05, 0.1) is 4.75 Å². The molecule has 0 bridgehead atoms. The van der Waals surface area contributed by atoms with Gasteiger partial charge < -0.3 is 0 Å². The van der Waals surface area contributed by atoms with Crippen LogP contribution in [0.1, 0.15) is 79.0 Å². The summed E-state index contributed by atoms with van der Waals surface area (Å²) in [5.74, 6) is 0. The van der Waals surface area contributed by atoms with E-state index < -0.39 is 0 Å². The molecule has 2 heteroatoms. The Morgan fingerprint density at radius 3 is 1.52 bits per heavy atom. The number of hydrogen-bond acceptors (Lipinski definition) is 0. The molecule has 0 radical (unpaired) electrons. The maximum absolute atomic E-state index is 6.36. The highest BCUT2D eigenvalue weighted by atomic mass is 35.5. The molecule has 0 aliphatic rings. The van der Waals surface area contributed by atoms with Crippen LogP contribution in [-0.2, 0) is 16.2 Å². The van der Waals surface area contributed by atoms with Crippen LogP contribution in [0.2, 0.25) is 0 Å². The van der Waals surface area contributed by atoms with Crippen LogP contribution < -0.4 is 5.30 Å². The van der Waals surface area contributed by atoms with Crippen LogP contribution >= 0.6 is 19.8 Å². The first-order valence-electron chi connectivity index (χ1n) is 8.24. The molecule has 0 atom stereocenters. The molecule has 0 aromatic heterocycles. The molecule has 0 fully saturated rings. The Balaban J connectivity index is 3.94. The maximum atomic E-state index is 6.36. The Kier molecular flexibility index (Phi) is 5.99. The van der Waals surface area contributed by atoms with Crippen LogP contribution in [0.25, 0.3) is 0 Å². The molecule has 0 N–H and O–H groups in total. The maximum Gasteiger partial charge on any atom is 0.0676 e. The molecule has 0 amide bonds. The average molecular weight is 351 g/mol. The van der Waals surface area contributed by atoms with E-state index >= 15 is 0 Å². The third-order valence-electron chi connectivity index (χ3n) is 3.98. The van der Waals surface area contributed by atoms with E-state index in [0.29, 0.717) is 0 Å². The van der Waals surface area contributed by atoms with Crippen molar-refractivity contribution in [1.82, 2.24) is 0 Å². The molecule has 0 unspecified atom stereocenters. The summed E-state index contributed by atoms with van der Waals surface area (Å²) >= 11 is 6.36. The molecule has 1 aromatic rings. The molecule has 0 nitrogen and oxygen atoms in total. The van der Waals surface area contributed by atoms with E-state index in [0.717, 1.165) is 13.0 Å². The zero-order chi connectivity index (χ0) is 18.2. The van der Waals surface area contributed by atoms with E-state index in [1.165, 1.54) is 22.0 Å². The second-order valence-electron chi connectivity index (χ2n) is 9.31. The smallest absolute Gasteiger partial charge is 0.0676 e. The molecule has 0 aliphatic heterocycles. The van der Waals surface area contributed by atoms with Crippen molar-refractivity contribution in [2.45, 2.75) is 78.6 Å². The fourth-order valence-electron chi connectivity index (χ4n) is 2.48. The van der Waals surface area contributed by atoms with Gasteiger partial charge in [0.15, 0.2) is 0 Å². The van der Waals surface area contributed by atoms with Gasteiger partial charge in [-0.15, -0.1) is 0 Å². The largest absolute Gasteiger partial charge is 0.0972 e. The van der Waals surface area contributed by atoms with Crippen molar-refractivity contribution in [2.75, 3.05) is 0 Å². The highest BCUT2D eigenvalue weighted by Crippen LogP contribution is 2.35. The summed E-state index contributed by atoms with van der Waals surface area (Å²) in [6.07, 6.45) is 1.75. The number of halogens is 1. The second kappa shape index (κ2) is 6.73. The lowest BCUT2D eigenvalue weighted by atomic mass is 9.75. The molecular weight excluding hydrogens is 319 g/mol. The quantitative estimate of drug-likeness (QED) is 0.520. The van der Waals surface area contributed by atoms with Crippen molar-refractivity contribution in [3.63, 3.8) is 0 Å². The van der Waals surface area contributed by atoms with Gasteiger partial charge in [-0.2, -0.15) is 0 Å². The van der Waals surface area contributed by atoms with Crippen molar-refractivity contribution in [3.05, 3.63) is 41.5 Å². The van der Waals surface area contributed by atoms with Gasteiger partial charge in [-0.25, -0.2) is 0 Å². The minimum absolute atomic E-state index is 0.0714. The van der Waals surface area contributed by atoms with E-state index in [1.54, 1.807) is 6.08 Å². The molecule has 128 valence electrons. The van der Waals surface area contributed by atoms with E-state index in [9.17, 15) is 0 Å². The normalized spacial score (nSPS) is 14.1. The summed E-state index contributed by atoms with van der Waals surface area (Å²) in [4.78, 5) is 0. The van der Waals surface area contributed by atoms with Crippen molar-refractivity contribution < 1.29 is 0 Å². The van der Waals surface area contributed by atoms with Crippen LogP contribution in [0.4, 0.5) is 0 Å². The third kappa shape index (κ3) is 5.20. The summed E-state index contributed by atoms with van der Waals surface area (Å²) in [6.45, 7) is 24.3. The first-order chi connectivity index (χ1) is 10.2. The zero-order valence-corrected chi connectivity index (χ0v) is 17.9. The zero-order valence-electron chi connectivity index (χ0n) is 16.3. The van der Waals surface area contributed by atoms with Crippen LogP contribution in [0.5, 0.6) is 0 Å². The minimum atomic E-state index is 0.0714. The standard InChI is InChI=1S/C21H32ClP/c1-11-17(22)23-18-15(20(5,6)7)12-14(19(2,3)4)13-16(18)21(8,9)10/h11-13H,1H2,2-10H3. The van der Waals surface area contributed by atoms with Crippen LogP contribution in [-0.4, -0.2) is 4.75 Å². The predicted molar refractivity (Wildman–Crippen MR) is 110 cm³/mol. The highest BCUT2D eigenvalue weighted by molar-refractivity contribution is 7.54. The van der Waals surface area contributed by atoms with Crippen molar-refractivity contribution in [3.8, 4) is 0 Å². The molecule has 1 aromatic carbocycles. The highest BCUT2D eigenvalue weighted by Gasteiger charge is 2.28. The lowest BCUT2D eigenvalue weighted by Gasteiger charge is -2.32. The number of benzene rings is 1. The predicted octanol–water partition coefficient (Wildman–Crippen LogP) is 6.71. The van der Waals surface area contributed by atoms with Gasteiger partial charge in [0.2, 0.25) is 0 Å². The van der Waals surface area contributed by atoms with Crippen LogP contribution in [0.15, 0.2) is 24.8 Å². The molecule has 1 rings (SSSR count). The van der Waals surface area contributed by atoms with Crippen molar-refractivity contribution >= 4 is 29.9 Å². The Morgan fingerprint density at radius 2 is 1.26 bits per heavy atom. The summed E-state index contributed by atoms with van der Waals surface area (Å²) in [5, 5.41) is 1.34. The first kappa shape index (κ1) is 20.5. The van der Waals surface area contributed by atoms with E-state index in [1.807, 2.05) is 0 Å². The van der Waals surface area contributed by atoms with Gasteiger partial charge in [-0.1, -0.05) is 92.6 Å². The monoisotopic (exact) mass is 350 g/mol. The van der Waals surface area contributed by atoms with Gasteiger partial charge in [0, 0.05) is 5.30 Å². The number of hydrogen-bond donors (Lipinski definition) is 0. The third-order valence-corrected chi connectivity index (χ3v) is 5.49. The molecule has 23 heavy (non-hydrogen) atoms. The van der Waals surface area contributed by atoms with Crippen LogP contribution in [0, 0.1) is 0 Å². The van der Waals surface area contributed by atoms with Crippen molar-refractivity contribution in [2.24, 2.45) is 0 Å². The Hall–Kier alpha value is -0.580.